The summed E-state index contributed by atoms with van der Waals surface area (Å²) in [4.78, 5) is 13.6. The Kier molecular flexibility index (Phi) is 12.4. The molecule has 0 aliphatic carbocycles. The molecule has 8 heteroatoms. The summed E-state index contributed by atoms with van der Waals surface area (Å²) in [6.45, 7) is 3.72. The Morgan fingerprint density at radius 3 is 2.36 bits per heavy atom. The molecule has 4 fully saturated rings. The molecule has 1 aromatic rings. The normalized spacial score (nSPS) is 28.1. The average Bonchev–Trinajstić information content (AvgIpc) is 3.51. The summed E-state index contributed by atoms with van der Waals surface area (Å²) < 4.78 is 16.0. The van der Waals surface area contributed by atoms with E-state index in [0.29, 0.717) is 31.9 Å². The zero-order valence-corrected chi connectivity index (χ0v) is 19.3. The molecule has 4 aliphatic rings. The number of aliphatic hydroxyl groups excluding tert-OH is 1. The number of carbonyl (C=O) groups is 1. The molecule has 0 saturated carbocycles. The van der Waals surface area contributed by atoms with Gasteiger partial charge >= 0.3 is 57.5 Å². The molecule has 4 aliphatic heterocycles. The van der Waals surface area contributed by atoms with Gasteiger partial charge in [-0.2, -0.15) is 0 Å². The van der Waals surface area contributed by atoms with Crippen molar-refractivity contribution in [2.24, 2.45) is 0 Å². The van der Waals surface area contributed by atoms with Crippen molar-refractivity contribution in [1.29, 1.82) is 0 Å². The number of carbonyl (C=O) groups excluding carboxylic acids is 1. The van der Waals surface area contributed by atoms with Crippen LogP contribution in [-0.4, -0.2) is 73.8 Å². The number of hydrogen-bond acceptors (Lipinski definition) is 6. The molecule has 5 rings (SSSR count). The topological polar surface area (TPSA) is 80.3 Å². The number of rotatable bonds is 2. The molecule has 1 amide bonds. The number of likely N-dealkylation sites (tertiary alicyclic amines) is 1. The van der Waals surface area contributed by atoms with Gasteiger partial charge in [0.1, 0.15) is 6.61 Å². The second-order valence-electron chi connectivity index (χ2n) is 6.83. The minimum atomic E-state index is -0.218. The van der Waals surface area contributed by atoms with Gasteiger partial charge in [0.2, 0.25) is 0 Å². The molecule has 4 saturated heterocycles. The molecule has 1 aromatic carbocycles. The second-order valence-corrected chi connectivity index (χ2v) is 6.83. The number of morpholine rings is 2. The molecule has 0 aromatic heterocycles. The Hall–Kier alpha value is -0.0336. The largest absolute Gasteiger partial charge is 1.00 e. The summed E-state index contributed by atoms with van der Waals surface area (Å²) in [6, 6.07) is 10.7. The minimum absolute atomic E-state index is 0. The van der Waals surface area contributed by atoms with Crippen LogP contribution in [0.5, 0.6) is 0 Å². The zero-order chi connectivity index (χ0) is 18.4. The first-order valence-corrected chi connectivity index (χ1v) is 9.16. The number of amides is 1. The fourth-order valence-electron chi connectivity index (χ4n) is 3.71. The van der Waals surface area contributed by atoms with E-state index in [4.69, 9.17) is 19.3 Å². The quantitative estimate of drug-likeness (QED) is 0.592. The molecule has 154 valence electrons. The van der Waals surface area contributed by atoms with E-state index in [9.17, 15) is 4.79 Å². The van der Waals surface area contributed by atoms with Crippen molar-refractivity contribution in [2.75, 3.05) is 33.4 Å². The SMILES string of the molecule is C.C1O[C@H]2CN[C@@H]1C2.CO.O=C(OCc1ccccc1)N1C[C@H]2C[C@@H]1CO2.[H-].[K+]. The van der Waals surface area contributed by atoms with E-state index in [2.05, 4.69) is 5.32 Å². The molecule has 0 radical (unpaired) electrons. The molecular weight excluding hydrogens is 387 g/mol. The maximum absolute atomic E-state index is 11.9. The van der Waals surface area contributed by atoms with Gasteiger partial charge in [-0.25, -0.2) is 4.79 Å². The summed E-state index contributed by atoms with van der Waals surface area (Å²) in [5, 5.41) is 10.3. The van der Waals surface area contributed by atoms with Gasteiger partial charge < -0.3 is 31.0 Å². The fraction of sp³-hybridized carbons (Fsp3) is 0.650. The van der Waals surface area contributed by atoms with Crippen LogP contribution in [0.4, 0.5) is 4.79 Å². The molecule has 4 atom stereocenters. The van der Waals surface area contributed by atoms with Crippen LogP contribution in [0, 0.1) is 0 Å². The summed E-state index contributed by atoms with van der Waals surface area (Å²) in [6.07, 6.45) is 2.78. The van der Waals surface area contributed by atoms with Crippen LogP contribution in [0.15, 0.2) is 30.3 Å². The molecule has 7 nitrogen and oxygen atoms in total. The Bertz CT molecular complexity index is 565. The van der Waals surface area contributed by atoms with Crippen molar-refractivity contribution in [3.05, 3.63) is 35.9 Å². The van der Waals surface area contributed by atoms with Gasteiger partial charge in [-0.3, -0.25) is 0 Å². The van der Waals surface area contributed by atoms with Gasteiger partial charge in [-0.1, -0.05) is 37.8 Å². The Balaban J connectivity index is 0.000000556. The molecule has 28 heavy (non-hydrogen) atoms. The van der Waals surface area contributed by atoms with Crippen molar-refractivity contribution < 1.29 is 76.9 Å². The van der Waals surface area contributed by atoms with Crippen LogP contribution in [0.3, 0.4) is 0 Å². The van der Waals surface area contributed by atoms with Crippen LogP contribution in [-0.2, 0) is 20.8 Å². The van der Waals surface area contributed by atoms with Crippen molar-refractivity contribution >= 4 is 6.09 Å². The van der Waals surface area contributed by atoms with Crippen molar-refractivity contribution in [3.63, 3.8) is 0 Å². The number of ether oxygens (including phenoxy) is 3. The molecular formula is C20H33KN2O5. The molecule has 4 heterocycles. The van der Waals surface area contributed by atoms with Crippen molar-refractivity contribution in [2.45, 2.75) is 51.2 Å². The molecule has 0 unspecified atom stereocenters. The number of benzene rings is 1. The third kappa shape index (κ3) is 7.03. The van der Waals surface area contributed by atoms with E-state index >= 15 is 0 Å². The number of aliphatic hydroxyl groups is 1. The molecule has 2 N–H and O–H groups in total. The first-order chi connectivity index (χ1) is 12.8. The van der Waals surface area contributed by atoms with E-state index in [1.807, 2.05) is 30.3 Å². The monoisotopic (exact) mass is 420 g/mol. The fourth-order valence-corrected chi connectivity index (χ4v) is 3.71. The first kappa shape index (κ1) is 26.0. The van der Waals surface area contributed by atoms with Crippen LogP contribution >= 0.6 is 0 Å². The first-order valence-electron chi connectivity index (χ1n) is 9.16. The zero-order valence-electron chi connectivity index (χ0n) is 17.2. The third-order valence-corrected chi connectivity index (χ3v) is 5.05. The van der Waals surface area contributed by atoms with Gasteiger partial charge in [-0.05, 0) is 18.4 Å². The second kappa shape index (κ2) is 13.3. The van der Waals surface area contributed by atoms with E-state index < -0.39 is 0 Å². The van der Waals surface area contributed by atoms with Crippen molar-refractivity contribution in [1.82, 2.24) is 10.2 Å². The standard InChI is InChI=1S/C13H15NO3.C5H9NO.CH4O.CH4.K.H/c15-13(14-7-12-6-11(14)9-16-12)17-8-10-4-2-1-3-5-10;1-4-3-7-5(1)2-6-4;1-2;;;/h1-5,11-12H,6-9H2;4-6H,1-3H2;2H,1H3;1H4;;/q;;;;+1;-1/t11-,12-;4-,5-;;;;/m11..../s1. The summed E-state index contributed by atoms with van der Waals surface area (Å²) >= 11 is 0. The number of hydrogen-bond donors (Lipinski definition) is 2. The van der Waals surface area contributed by atoms with E-state index in [1.165, 1.54) is 6.42 Å². The van der Waals surface area contributed by atoms with Gasteiger partial charge in [0.05, 0.1) is 38.0 Å². The van der Waals surface area contributed by atoms with Crippen LogP contribution < -0.4 is 56.7 Å². The minimum Gasteiger partial charge on any atom is -1.00 e. The Morgan fingerprint density at radius 2 is 1.93 bits per heavy atom. The predicted molar refractivity (Wildman–Crippen MR) is 104 cm³/mol. The smallest absolute Gasteiger partial charge is 1.00 e. The Morgan fingerprint density at radius 1 is 1.21 bits per heavy atom. The third-order valence-electron chi connectivity index (χ3n) is 5.05. The van der Waals surface area contributed by atoms with E-state index in [0.717, 1.165) is 32.2 Å². The van der Waals surface area contributed by atoms with Crippen LogP contribution in [0.25, 0.3) is 0 Å². The van der Waals surface area contributed by atoms with Gasteiger partial charge in [0.25, 0.3) is 0 Å². The predicted octanol–water partition coefficient (Wildman–Crippen LogP) is -1.10. The number of nitrogens with zero attached hydrogens (tertiary/aromatic N) is 1. The van der Waals surface area contributed by atoms with Crippen LogP contribution in [0.2, 0.25) is 0 Å². The van der Waals surface area contributed by atoms with Gasteiger partial charge in [-0.15, -0.1) is 0 Å². The van der Waals surface area contributed by atoms with Crippen molar-refractivity contribution in [3.8, 4) is 0 Å². The maximum Gasteiger partial charge on any atom is 1.00 e. The molecule has 0 spiro atoms. The number of nitrogens with one attached hydrogen (secondary N) is 1. The Labute approximate surface area is 212 Å². The van der Waals surface area contributed by atoms with Gasteiger partial charge in [0.15, 0.2) is 0 Å². The van der Waals surface area contributed by atoms with E-state index in [-0.39, 0.29) is 78.5 Å². The van der Waals surface area contributed by atoms with Crippen LogP contribution in [0.1, 0.15) is 27.3 Å². The van der Waals surface area contributed by atoms with E-state index in [1.54, 1.807) is 4.90 Å². The summed E-state index contributed by atoms with van der Waals surface area (Å²) in [5.74, 6) is 0. The van der Waals surface area contributed by atoms with Gasteiger partial charge in [0, 0.05) is 19.7 Å². The maximum atomic E-state index is 11.9. The molecule has 4 bridgehead atoms. The number of fused-ring (bicyclic) bond motifs is 4. The summed E-state index contributed by atoms with van der Waals surface area (Å²) in [5.41, 5.74) is 1.02. The summed E-state index contributed by atoms with van der Waals surface area (Å²) in [7, 11) is 1.00. The average molecular weight is 421 g/mol.